The number of carboxylic acids is 1. The molecule has 0 saturated carbocycles. The van der Waals surface area contributed by atoms with Crippen molar-refractivity contribution < 1.29 is 18.3 Å². The molecule has 2 rings (SSSR count). The predicted molar refractivity (Wildman–Crippen MR) is 73.1 cm³/mol. The number of carbonyl (C=O) groups is 1. The van der Waals surface area contributed by atoms with Crippen molar-refractivity contribution >= 4 is 16.0 Å². The van der Waals surface area contributed by atoms with E-state index in [0.717, 1.165) is 12.8 Å². The van der Waals surface area contributed by atoms with Crippen LogP contribution in [0.4, 0.5) is 0 Å². The highest BCUT2D eigenvalue weighted by Gasteiger charge is 2.27. The highest BCUT2D eigenvalue weighted by atomic mass is 32.2. The molecule has 1 saturated heterocycles. The van der Waals surface area contributed by atoms with Gasteiger partial charge in [-0.3, -0.25) is 4.68 Å². The van der Waals surface area contributed by atoms with Gasteiger partial charge >= 0.3 is 5.97 Å². The molecule has 8 heteroatoms. The van der Waals surface area contributed by atoms with Crippen LogP contribution in [0.3, 0.4) is 0 Å². The molecule has 0 radical (unpaired) electrons. The molecule has 1 aliphatic heterocycles. The van der Waals surface area contributed by atoms with Crippen LogP contribution in [0.1, 0.15) is 28.9 Å². The molecule has 1 fully saturated rings. The summed E-state index contributed by atoms with van der Waals surface area (Å²) < 4.78 is 26.3. The second-order valence-corrected chi connectivity index (χ2v) is 7.24. The summed E-state index contributed by atoms with van der Waals surface area (Å²) in [6, 6.07) is 0. The summed E-state index contributed by atoms with van der Waals surface area (Å²) in [6.07, 6.45) is 4.31. The van der Waals surface area contributed by atoms with Crippen molar-refractivity contribution in [2.24, 2.45) is 5.92 Å². The van der Waals surface area contributed by atoms with Crippen molar-refractivity contribution in [3.05, 3.63) is 17.5 Å². The number of hydrogen-bond donors (Lipinski definition) is 1. The maximum absolute atomic E-state index is 11.6. The van der Waals surface area contributed by atoms with Gasteiger partial charge in [0.25, 0.3) is 0 Å². The number of nitrogens with zero attached hydrogens (tertiary/aromatic N) is 3. The minimum atomic E-state index is -3.16. The first-order valence-corrected chi connectivity index (χ1v) is 8.34. The van der Waals surface area contributed by atoms with E-state index in [4.69, 9.17) is 5.11 Å². The van der Waals surface area contributed by atoms with Crippen molar-refractivity contribution in [3.8, 4) is 0 Å². The molecule has 2 heterocycles. The second-order valence-electron chi connectivity index (χ2n) is 5.26. The van der Waals surface area contributed by atoms with Gasteiger partial charge in [-0.25, -0.2) is 17.5 Å². The van der Waals surface area contributed by atoms with Crippen LogP contribution < -0.4 is 0 Å². The topological polar surface area (TPSA) is 92.5 Å². The average molecular weight is 301 g/mol. The van der Waals surface area contributed by atoms with Crippen LogP contribution in [0.15, 0.2) is 6.20 Å². The Hall–Kier alpha value is -1.41. The molecule has 0 aromatic carbocycles. The standard InChI is InChI=1S/C12H19N3O4S/c1-9-11(12(16)17)6-13-15(9)8-10-4-3-5-14(7-10)20(2,18)19/h6,10H,3-5,7-8H2,1-2H3,(H,16,17). The number of hydrogen-bond acceptors (Lipinski definition) is 4. The molecule has 0 amide bonds. The van der Waals surface area contributed by atoms with Crippen LogP contribution in [-0.2, 0) is 16.6 Å². The smallest absolute Gasteiger partial charge is 0.339 e. The van der Waals surface area contributed by atoms with Gasteiger partial charge in [0.2, 0.25) is 10.0 Å². The minimum absolute atomic E-state index is 0.165. The van der Waals surface area contributed by atoms with E-state index < -0.39 is 16.0 Å². The summed E-state index contributed by atoms with van der Waals surface area (Å²) in [4.78, 5) is 11.0. The lowest BCUT2D eigenvalue weighted by atomic mass is 10.00. The molecular formula is C12H19N3O4S. The summed E-state index contributed by atoms with van der Waals surface area (Å²) in [7, 11) is -3.16. The lowest BCUT2D eigenvalue weighted by molar-refractivity contribution is 0.0696. The first kappa shape index (κ1) is 15.0. The van der Waals surface area contributed by atoms with Gasteiger partial charge in [0.1, 0.15) is 5.56 Å². The molecule has 1 aliphatic rings. The van der Waals surface area contributed by atoms with E-state index >= 15 is 0 Å². The lowest BCUT2D eigenvalue weighted by Crippen LogP contribution is -2.40. The number of aromatic nitrogens is 2. The largest absolute Gasteiger partial charge is 0.478 e. The number of rotatable bonds is 4. The fraction of sp³-hybridized carbons (Fsp3) is 0.667. The highest BCUT2D eigenvalue weighted by molar-refractivity contribution is 7.88. The van der Waals surface area contributed by atoms with Crippen LogP contribution in [0.5, 0.6) is 0 Å². The quantitative estimate of drug-likeness (QED) is 0.877. The van der Waals surface area contributed by atoms with Crippen molar-refractivity contribution in [1.82, 2.24) is 14.1 Å². The minimum Gasteiger partial charge on any atom is -0.478 e. The Morgan fingerprint density at radius 3 is 2.80 bits per heavy atom. The van der Waals surface area contributed by atoms with E-state index in [0.29, 0.717) is 25.3 Å². The van der Waals surface area contributed by atoms with Crippen molar-refractivity contribution in [2.45, 2.75) is 26.3 Å². The van der Waals surface area contributed by atoms with E-state index in [-0.39, 0.29) is 11.5 Å². The van der Waals surface area contributed by atoms with Gasteiger partial charge in [0, 0.05) is 25.3 Å². The van der Waals surface area contributed by atoms with Gasteiger partial charge in [0.05, 0.1) is 12.5 Å². The summed E-state index contributed by atoms with van der Waals surface area (Å²) >= 11 is 0. The van der Waals surface area contributed by atoms with Crippen LogP contribution in [0.25, 0.3) is 0 Å². The molecule has 1 atom stereocenters. The molecule has 0 spiro atoms. The Bertz CT molecular complexity index is 608. The predicted octanol–water partition coefficient (Wildman–Crippen LogP) is 0.561. The van der Waals surface area contributed by atoms with Crippen LogP contribution in [0.2, 0.25) is 0 Å². The fourth-order valence-electron chi connectivity index (χ4n) is 2.56. The first-order valence-electron chi connectivity index (χ1n) is 6.50. The Labute approximate surface area is 118 Å². The summed E-state index contributed by atoms with van der Waals surface area (Å²) in [5.74, 6) is -0.825. The average Bonchev–Trinajstić information content (AvgIpc) is 2.70. The highest BCUT2D eigenvalue weighted by Crippen LogP contribution is 2.21. The zero-order chi connectivity index (χ0) is 14.9. The monoisotopic (exact) mass is 301 g/mol. The third kappa shape index (κ3) is 3.18. The van der Waals surface area contributed by atoms with E-state index in [2.05, 4.69) is 5.10 Å². The molecule has 0 aliphatic carbocycles. The van der Waals surface area contributed by atoms with Crippen molar-refractivity contribution in [2.75, 3.05) is 19.3 Å². The zero-order valence-electron chi connectivity index (χ0n) is 11.6. The maximum atomic E-state index is 11.6. The molecule has 112 valence electrons. The van der Waals surface area contributed by atoms with E-state index in [1.807, 2.05) is 0 Å². The number of piperidine rings is 1. The van der Waals surface area contributed by atoms with Crippen molar-refractivity contribution in [1.29, 1.82) is 0 Å². The van der Waals surface area contributed by atoms with Gasteiger partial charge in [-0.2, -0.15) is 5.10 Å². The SMILES string of the molecule is Cc1c(C(=O)O)cnn1CC1CCCN(S(C)(=O)=O)C1. The fourth-order valence-corrected chi connectivity index (χ4v) is 3.50. The van der Waals surface area contributed by atoms with Gasteiger partial charge in [0.15, 0.2) is 0 Å². The summed E-state index contributed by atoms with van der Waals surface area (Å²) in [5.41, 5.74) is 0.801. The van der Waals surface area contributed by atoms with Crippen LogP contribution in [-0.4, -0.2) is 52.9 Å². The lowest BCUT2D eigenvalue weighted by Gasteiger charge is -2.31. The molecule has 1 unspecified atom stereocenters. The Kier molecular flexibility index (Phi) is 4.14. The molecule has 0 bridgehead atoms. The first-order chi connectivity index (χ1) is 9.29. The van der Waals surface area contributed by atoms with E-state index in [1.165, 1.54) is 16.8 Å². The van der Waals surface area contributed by atoms with Gasteiger partial charge in [-0.15, -0.1) is 0 Å². The Morgan fingerprint density at radius 1 is 1.55 bits per heavy atom. The van der Waals surface area contributed by atoms with Crippen LogP contribution in [0, 0.1) is 12.8 Å². The van der Waals surface area contributed by atoms with Gasteiger partial charge in [-0.1, -0.05) is 0 Å². The zero-order valence-corrected chi connectivity index (χ0v) is 12.4. The molecule has 1 N–H and O–H groups in total. The Morgan fingerprint density at radius 2 is 2.25 bits per heavy atom. The third-order valence-corrected chi connectivity index (χ3v) is 4.99. The normalized spacial score (nSPS) is 21.0. The van der Waals surface area contributed by atoms with E-state index in [9.17, 15) is 13.2 Å². The molecular weight excluding hydrogens is 282 g/mol. The van der Waals surface area contributed by atoms with Gasteiger partial charge < -0.3 is 5.11 Å². The van der Waals surface area contributed by atoms with Crippen molar-refractivity contribution in [3.63, 3.8) is 0 Å². The van der Waals surface area contributed by atoms with E-state index in [1.54, 1.807) is 11.6 Å². The second kappa shape index (κ2) is 5.53. The molecule has 1 aromatic heterocycles. The number of aromatic carboxylic acids is 1. The summed E-state index contributed by atoms with van der Waals surface area (Å²) in [6.45, 7) is 3.30. The van der Waals surface area contributed by atoms with Crippen LogP contribution >= 0.6 is 0 Å². The molecule has 1 aromatic rings. The maximum Gasteiger partial charge on any atom is 0.339 e. The molecule has 7 nitrogen and oxygen atoms in total. The number of carboxylic acid groups (broad SMARTS) is 1. The van der Waals surface area contributed by atoms with Gasteiger partial charge in [-0.05, 0) is 25.7 Å². The summed E-state index contributed by atoms with van der Waals surface area (Å²) in [5, 5.41) is 13.1. The third-order valence-electron chi connectivity index (χ3n) is 3.72. The number of sulfonamides is 1. The Balaban J connectivity index is 2.09. The molecule has 20 heavy (non-hydrogen) atoms.